The molecule has 0 saturated carbocycles. The zero-order chi connectivity index (χ0) is 19.8. The fourth-order valence-corrected chi connectivity index (χ4v) is 3.97. The van der Waals surface area contributed by atoms with Crippen molar-refractivity contribution >= 4 is 27.8 Å². The summed E-state index contributed by atoms with van der Waals surface area (Å²) in [7, 11) is 2.05. The van der Waals surface area contributed by atoms with Crippen LogP contribution in [0.4, 0.5) is 5.82 Å². The first kappa shape index (κ1) is 17.9. The molecule has 7 heteroatoms. The Labute approximate surface area is 167 Å². The van der Waals surface area contributed by atoms with Crippen LogP contribution >= 0.6 is 0 Å². The molecular weight excluding hydrogens is 368 g/mol. The molecule has 0 bridgehead atoms. The first-order valence-electron chi connectivity index (χ1n) is 9.82. The van der Waals surface area contributed by atoms with Gasteiger partial charge in [0.25, 0.3) is 0 Å². The highest BCUT2D eigenvalue weighted by molar-refractivity contribution is 5.89. The maximum atomic E-state index is 12.4. The summed E-state index contributed by atoms with van der Waals surface area (Å²) in [5, 5.41) is 1.00. The lowest BCUT2D eigenvalue weighted by Crippen LogP contribution is -2.27. The number of para-hydroxylation sites is 3. The van der Waals surface area contributed by atoms with Crippen molar-refractivity contribution in [2.75, 3.05) is 31.7 Å². The molecule has 1 unspecified atom stereocenters. The molecule has 2 aromatic heterocycles. The Morgan fingerprint density at radius 2 is 1.97 bits per heavy atom. The van der Waals surface area contributed by atoms with Crippen molar-refractivity contribution < 1.29 is 9.15 Å². The van der Waals surface area contributed by atoms with Crippen molar-refractivity contribution in [2.24, 2.45) is 5.92 Å². The van der Waals surface area contributed by atoms with Gasteiger partial charge in [-0.3, -0.25) is 4.57 Å². The van der Waals surface area contributed by atoms with E-state index in [-0.39, 0.29) is 6.54 Å². The van der Waals surface area contributed by atoms with Gasteiger partial charge in [0.15, 0.2) is 11.4 Å². The highest BCUT2D eigenvalue weighted by Gasteiger charge is 2.20. The standard InChI is InChI=1S/C22H22N4O3/c1-25(12-15-10-11-28-14-15)21-16-6-2-3-7-17(16)23-20(24-21)13-26-18-8-4-5-9-19(18)29-22(26)27/h2-9,15H,10-14H2,1H3. The predicted octanol–water partition coefficient (Wildman–Crippen LogP) is 3.06. The summed E-state index contributed by atoms with van der Waals surface area (Å²) < 4.78 is 12.5. The molecule has 3 heterocycles. The minimum absolute atomic E-state index is 0.258. The van der Waals surface area contributed by atoms with Crippen LogP contribution in [0.15, 0.2) is 57.7 Å². The number of aromatic nitrogens is 3. The lowest BCUT2D eigenvalue weighted by atomic mass is 10.1. The molecule has 0 radical (unpaired) electrons. The Kier molecular flexibility index (Phi) is 4.52. The van der Waals surface area contributed by atoms with E-state index in [1.807, 2.05) is 42.5 Å². The molecule has 1 atom stereocenters. The first-order chi connectivity index (χ1) is 14.2. The van der Waals surface area contributed by atoms with Crippen LogP contribution in [0.3, 0.4) is 0 Å². The molecule has 1 aliphatic heterocycles. The summed E-state index contributed by atoms with van der Waals surface area (Å²) in [6, 6.07) is 15.4. The fourth-order valence-electron chi connectivity index (χ4n) is 3.97. The Morgan fingerprint density at radius 3 is 2.83 bits per heavy atom. The molecule has 1 aliphatic rings. The maximum Gasteiger partial charge on any atom is 0.420 e. The minimum atomic E-state index is -0.402. The molecule has 29 heavy (non-hydrogen) atoms. The number of oxazole rings is 1. The Morgan fingerprint density at radius 1 is 1.14 bits per heavy atom. The van der Waals surface area contributed by atoms with E-state index < -0.39 is 5.76 Å². The smallest absolute Gasteiger partial charge is 0.408 e. The maximum absolute atomic E-state index is 12.4. The quantitative estimate of drug-likeness (QED) is 0.521. The Hall–Kier alpha value is -3.19. The minimum Gasteiger partial charge on any atom is -0.408 e. The number of hydrogen-bond donors (Lipinski definition) is 0. The van der Waals surface area contributed by atoms with Gasteiger partial charge in [0.2, 0.25) is 0 Å². The van der Waals surface area contributed by atoms with Crippen LogP contribution in [-0.4, -0.2) is 41.3 Å². The van der Waals surface area contributed by atoms with Crippen LogP contribution in [0.25, 0.3) is 22.0 Å². The van der Waals surface area contributed by atoms with Crippen LogP contribution < -0.4 is 10.7 Å². The van der Waals surface area contributed by atoms with Gasteiger partial charge in [0.1, 0.15) is 5.82 Å². The van der Waals surface area contributed by atoms with Crippen molar-refractivity contribution in [1.29, 1.82) is 0 Å². The van der Waals surface area contributed by atoms with E-state index in [0.29, 0.717) is 17.3 Å². The molecule has 0 N–H and O–H groups in total. The summed E-state index contributed by atoms with van der Waals surface area (Å²) in [5.41, 5.74) is 2.17. The Bertz CT molecular complexity index is 1220. The van der Waals surface area contributed by atoms with Gasteiger partial charge in [-0.2, -0.15) is 0 Å². The molecule has 7 nitrogen and oxygen atoms in total. The lowest BCUT2D eigenvalue weighted by Gasteiger charge is -2.23. The van der Waals surface area contributed by atoms with Gasteiger partial charge in [-0.25, -0.2) is 14.8 Å². The van der Waals surface area contributed by atoms with E-state index in [1.54, 1.807) is 10.6 Å². The van der Waals surface area contributed by atoms with Gasteiger partial charge in [-0.05, 0) is 30.7 Å². The first-order valence-corrected chi connectivity index (χ1v) is 9.82. The highest BCUT2D eigenvalue weighted by atomic mass is 16.5. The number of fused-ring (bicyclic) bond motifs is 2. The van der Waals surface area contributed by atoms with Gasteiger partial charge in [0, 0.05) is 31.5 Å². The molecule has 0 spiro atoms. The number of anilines is 1. The van der Waals surface area contributed by atoms with Crippen LogP contribution in [0.1, 0.15) is 12.2 Å². The molecule has 0 amide bonds. The zero-order valence-corrected chi connectivity index (χ0v) is 16.2. The lowest BCUT2D eigenvalue weighted by molar-refractivity contribution is 0.186. The van der Waals surface area contributed by atoms with E-state index >= 15 is 0 Å². The van der Waals surface area contributed by atoms with Crippen molar-refractivity contribution in [3.63, 3.8) is 0 Å². The predicted molar refractivity (Wildman–Crippen MR) is 111 cm³/mol. The van der Waals surface area contributed by atoms with Crippen LogP contribution in [0.2, 0.25) is 0 Å². The summed E-state index contributed by atoms with van der Waals surface area (Å²) >= 11 is 0. The third-order valence-corrected chi connectivity index (χ3v) is 5.42. The molecule has 1 saturated heterocycles. The normalized spacial score (nSPS) is 16.7. The molecular formula is C22H22N4O3. The number of nitrogens with zero attached hydrogens (tertiary/aromatic N) is 4. The summed E-state index contributed by atoms with van der Waals surface area (Å²) in [5.74, 6) is 1.55. The van der Waals surface area contributed by atoms with E-state index in [2.05, 4.69) is 11.9 Å². The molecule has 2 aromatic carbocycles. The fraction of sp³-hybridized carbons (Fsp3) is 0.318. The van der Waals surface area contributed by atoms with Crippen molar-refractivity contribution in [3.05, 3.63) is 64.9 Å². The zero-order valence-electron chi connectivity index (χ0n) is 16.2. The SMILES string of the molecule is CN(CC1CCOC1)c1nc(Cn2c(=O)oc3ccccc32)nc2ccccc12. The third-order valence-electron chi connectivity index (χ3n) is 5.42. The number of benzene rings is 2. The van der Waals surface area contributed by atoms with E-state index in [0.717, 1.165) is 48.4 Å². The van der Waals surface area contributed by atoms with Crippen molar-refractivity contribution in [2.45, 2.75) is 13.0 Å². The summed E-state index contributed by atoms with van der Waals surface area (Å²) in [6.45, 7) is 2.74. The molecule has 148 valence electrons. The number of ether oxygens (including phenoxy) is 1. The highest BCUT2D eigenvalue weighted by Crippen LogP contribution is 2.25. The van der Waals surface area contributed by atoms with E-state index in [1.165, 1.54) is 0 Å². The van der Waals surface area contributed by atoms with Crippen LogP contribution in [-0.2, 0) is 11.3 Å². The Balaban J connectivity index is 1.55. The topological polar surface area (TPSA) is 73.4 Å². The largest absolute Gasteiger partial charge is 0.420 e. The monoisotopic (exact) mass is 390 g/mol. The van der Waals surface area contributed by atoms with E-state index in [9.17, 15) is 4.79 Å². The summed E-state index contributed by atoms with van der Waals surface area (Å²) in [6.07, 6.45) is 1.07. The van der Waals surface area contributed by atoms with Gasteiger partial charge in [-0.1, -0.05) is 24.3 Å². The number of hydrogen-bond acceptors (Lipinski definition) is 6. The third kappa shape index (κ3) is 3.38. The van der Waals surface area contributed by atoms with Gasteiger partial charge in [0.05, 0.1) is 24.2 Å². The van der Waals surface area contributed by atoms with Crippen LogP contribution in [0, 0.1) is 5.92 Å². The van der Waals surface area contributed by atoms with Gasteiger partial charge >= 0.3 is 5.76 Å². The van der Waals surface area contributed by atoms with Crippen LogP contribution in [0.5, 0.6) is 0 Å². The summed E-state index contributed by atoms with van der Waals surface area (Å²) in [4.78, 5) is 24.1. The van der Waals surface area contributed by atoms with Gasteiger partial charge in [-0.15, -0.1) is 0 Å². The molecule has 1 fully saturated rings. The van der Waals surface area contributed by atoms with Crippen molar-refractivity contribution in [1.82, 2.24) is 14.5 Å². The average Bonchev–Trinajstić information content (AvgIpc) is 3.35. The number of rotatable bonds is 5. The van der Waals surface area contributed by atoms with Gasteiger partial charge < -0.3 is 14.1 Å². The second kappa shape index (κ2) is 7.33. The average molecular weight is 390 g/mol. The molecule has 5 rings (SSSR count). The second-order valence-corrected chi connectivity index (χ2v) is 7.51. The second-order valence-electron chi connectivity index (χ2n) is 7.51. The molecule has 0 aliphatic carbocycles. The van der Waals surface area contributed by atoms with Crippen molar-refractivity contribution in [3.8, 4) is 0 Å². The van der Waals surface area contributed by atoms with E-state index in [4.69, 9.17) is 19.1 Å². The molecule has 4 aromatic rings.